The van der Waals surface area contributed by atoms with Crippen LogP contribution in [0.2, 0.25) is 0 Å². The lowest BCUT2D eigenvalue weighted by molar-refractivity contribution is -0.00433. The van der Waals surface area contributed by atoms with Crippen LogP contribution in [0, 0.1) is 0 Å². The van der Waals surface area contributed by atoms with Crippen LogP contribution in [0.15, 0.2) is 0 Å². The normalized spacial score (nSPS) is 36.2. The summed E-state index contributed by atoms with van der Waals surface area (Å²) in [5, 5.41) is 10.4. The first kappa shape index (κ1) is 11.4. The molecule has 2 unspecified atom stereocenters. The van der Waals surface area contributed by atoms with E-state index in [9.17, 15) is 5.11 Å². The topological polar surface area (TPSA) is 23.5 Å². The van der Waals surface area contributed by atoms with E-state index >= 15 is 0 Å². The third kappa shape index (κ3) is 2.36. The molecular weight excluding hydrogens is 186 g/mol. The Labute approximate surface area is 93.7 Å². The summed E-state index contributed by atoms with van der Waals surface area (Å²) >= 11 is 0. The molecule has 2 atom stereocenters. The van der Waals surface area contributed by atoms with E-state index < -0.39 is 0 Å². The molecule has 0 spiro atoms. The van der Waals surface area contributed by atoms with Crippen LogP contribution >= 0.6 is 0 Å². The first-order valence-electron chi connectivity index (χ1n) is 6.63. The Balaban J connectivity index is 1.96. The fraction of sp³-hybridized carbons (Fsp3) is 1.00. The van der Waals surface area contributed by atoms with Crippen LogP contribution in [0.4, 0.5) is 0 Å². The van der Waals surface area contributed by atoms with Crippen LogP contribution in [0.5, 0.6) is 0 Å². The second-order valence-electron chi connectivity index (χ2n) is 5.59. The lowest BCUT2D eigenvalue weighted by atomic mass is 10.0. The van der Waals surface area contributed by atoms with Gasteiger partial charge in [0.1, 0.15) is 0 Å². The van der Waals surface area contributed by atoms with Gasteiger partial charge in [0.2, 0.25) is 0 Å². The maximum Gasteiger partial charge on any atom is 0.0774 e. The van der Waals surface area contributed by atoms with Crippen molar-refractivity contribution >= 4 is 0 Å². The van der Waals surface area contributed by atoms with Gasteiger partial charge in [-0.15, -0.1) is 0 Å². The van der Waals surface area contributed by atoms with Crippen molar-refractivity contribution in [2.24, 2.45) is 0 Å². The molecule has 1 saturated carbocycles. The Morgan fingerprint density at radius 2 is 1.93 bits per heavy atom. The van der Waals surface area contributed by atoms with Gasteiger partial charge in [0.25, 0.3) is 0 Å². The van der Waals surface area contributed by atoms with E-state index in [1.165, 1.54) is 32.1 Å². The number of hydrogen-bond acceptors (Lipinski definition) is 2. The number of aliphatic hydroxyl groups is 1. The van der Waals surface area contributed by atoms with Crippen molar-refractivity contribution < 1.29 is 5.11 Å². The van der Waals surface area contributed by atoms with Gasteiger partial charge in [-0.25, -0.2) is 0 Å². The van der Waals surface area contributed by atoms with Crippen molar-refractivity contribution in [3.63, 3.8) is 0 Å². The second-order valence-corrected chi connectivity index (χ2v) is 5.59. The summed E-state index contributed by atoms with van der Waals surface area (Å²) in [6.45, 7) is 5.51. The first-order valence-corrected chi connectivity index (χ1v) is 6.63. The summed E-state index contributed by atoms with van der Waals surface area (Å²) in [5.74, 6) is 0. The van der Waals surface area contributed by atoms with Crippen LogP contribution in [-0.4, -0.2) is 34.2 Å². The zero-order chi connectivity index (χ0) is 10.9. The van der Waals surface area contributed by atoms with Gasteiger partial charge < -0.3 is 5.11 Å². The number of rotatable bonds is 3. The van der Waals surface area contributed by atoms with Crippen LogP contribution in [0.3, 0.4) is 0 Å². The molecule has 0 aromatic rings. The molecule has 2 rings (SSSR count). The first-order chi connectivity index (χ1) is 7.14. The number of nitrogens with zero attached hydrogens (tertiary/aromatic N) is 1. The molecule has 0 radical (unpaired) electrons. The average Bonchev–Trinajstić information content (AvgIpc) is 2.76. The predicted molar refractivity (Wildman–Crippen MR) is 62.9 cm³/mol. The Morgan fingerprint density at radius 1 is 1.27 bits per heavy atom. The van der Waals surface area contributed by atoms with Crippen molar-refractivity contribution in [2.75, 3.05) is 6.54 Å². The second kappa shape index (κ2) is 4.42. The maximum absolute atomic E-state index is 10.4. The van der Waals surface area contributed by atoms with Crippen molar-refractivity contribution in [1.29, 1.82) is 0 Å². The minimum atomic E-state index is -0.355. The predicted octanol–water partition coefficient (Wildman–Crippen LogP) is 2.55. The van der Waals surface area contributed by atoms with E-state index in [1.807, 2.05) is 0 Å². The van der Waals surface area contributed by atoms with Gasteiger partial charge in [0.15, 0.2) is 0 Å². The molecule has 1 aliphatic carbocycles. The molecule has 1 saturated heterocycles. The van der Waals surface area contributed by atoms with Crippen molar-refractivity contribution in [1.82, 2.24) is 4.90 Å². The molecule has 0 bridgehead atoms. The summed E-state index contributed by atoms with van der Waals surface area (Å²) in [5.41, 5.74) is -0.355. The molecule has 1 N–H and O–H groups in total. The van der Waals surface area contributed by atoms with E-state index in [-0.39, 0.29) is 5.60 Å². The quantitative estimate of drug-likeness (QED) is 0.775. The molecule has 2 nitrogen and oxygen atoms in total. The maximum atomic E-state index is 10.4. The van der Waals surface area contributed by atoms with Crippen LogP contribution in [0.1, 0.15) is 58.8 Å². The Hall–Kier alpha value is -0.0800. The molecule has 15 heavy (non-hydrogen) atoms. The van der Waals surface area contributed by atoms with Gasteiger partial charge in [0.05, 0.1) is 5.60 Å². The smallest absolute Gasteiger partial charge is 0.0774 e. The average molecular weight is 211 g/mol. The zero-order valence-corrected chi connectivity index (χ0v) is 10.2. The van der Waals surface area contributed by atoms with Gasteiger partial charge in [-0.2, -0.15) is 0 Å². The monoisotopic (exact) mass is 211 g/mol. The van der Waals surface area contributed by atoms with E-state index in [0.29, 0.717) is 6.04 Å². The van der Waals surface area contributed by atoms with Gasteiger partial charge >= 0.3 is 0 Å². The molecule has 88 valence electrons. The Kier molecular flexibility index (Phi) is 3.36. The molecule has 0 aromatic heterocycles. The SMILES string of the molecule is CCC1CCC(C)N1CC1(O)CCCC1. The number of β-amino-alcohol motifs (C(OH)–C–C–N with tert-alkyl or cyclic N) is 1. The highest BCUT2D eigenvalue weighted by Crippen LogP contribution is 2.34. The molecule has 1 aliphatic heterocycles. The van der Waals surface area contributed by atoms with Crippen molar-refractivity contribution in [3.8, 4) is 0 Å². The lowest BCUT2D eigenvalue weighted by Gasteiger charge is -2.35. The molecule has 2 fully saturated rings. The lowest BCUT2D eigenvalue weighted by Crippen LogP contribution is -2.45. The largest absolute Gasteiger partial charge is 0.389 e. The van der Waals surface area contributed by atoms with Crippen LogP contribution in [0.25, 0.3) is 0 Å². The molecular formula is C13H25NO. The highest BCUT2D eigenvalue weighted by atomic mass is 16.3. The summed E-state index contributed by atoms with van der Waals surface area (Å²) in [6, 6.07) is 1.41. The van der Waals surface area contributed by atoms with Gasteiger partial charge in [-0.1, -0.05) is 19.8 Å². The standard InChI is InChI=1S/C13H25NO/c1-3-12-7-6-11(2)14(12)10-13(15)8-4-5-9-13/h11-12,15H,3-10H2,1-2H3. The van der Waals surface area contributed by atoms with Crippen molar-refractivity contribution in [3.05, 3.63) is 0 Å². The summed E-state index contributed by atoms with van der Waals surface area (Å²) in [6.07, 6.45) is 8.35. The number of likely N-dealkylation sites (tertiary alicyclic amines) is 1. The third-order valence-corrected chi connectivity index (χ3v) is 4.44. The van der Waals surface area contributed by atoms with Crippen LogP contribution in [-0.2, 0) is 0 Å². The zero-order valence-electron chi connectivity index (χ0n) is 10.2. The fourth-order valence-electron chi connectivity index (χ4n) is 3.38. The van der Waals surface area contributed by atoms with E-state index in [1.54, 1.807) is 0 Å². The minimum absolute atomic E-state index is 0.355. The molecule has 2 heteroatoms. The van der Waals surface area contributed by atoms with Gasteiger partial charge in [0, 0.05) is 18.6 Å². The summed E-state index contributed by atoms with van der Waals surface area (Å²) in [7, 11) is 0. The summed E-state index contributed by atoms with van der Waals surface area (Å²) < 4.78 is 0. The Morgan fingerprint density at radius 3 is 2.53 bits per heavy atom. The molecule has 2 aliphatic rings. The highest BCUT2D eigenvalue weighted by Gasteiger charge is 2.38. The molecule has 1 heterocycles. The van der Waals surface area contributed by atoms with E-state index in [0.717, 1.165) is 25.4 Å². The number of hydrogen-bond donors (Lipinski definition) is 1. The third-order valence-electron chi connectivity index (χ3n) is 4.44. The van der Waals surface area contributed by atoms with E-state index in [2.05, 4.69) is 18.7 Å². The van der Waals surface area contributed by atoms with Gasteiger partial charge in [-0.3, -0.25) is 4.90 Å². The van der Waals surface area contributed by atoms with Crippen molar-refractivity contribution in [2.45, 2.75) is 76.5 Å². The fourth-order valence-corrected chi connectivity index (χ4v) is 3.38. The molecule has 0 amide bonds. The summed E-state index contributed by atoms with van der Waals surface area (Å²) in [4.78, 5) is 2.56. The highest BCUT2D eigenvalue weighted by molar-refractivity contribution is 4.93. The minimum Gasteiger partial charge on any atom is -0.389 e. The molecule has 0 aromatic carbocycles. The Bertz CT molecular complexity index is 211. The van der Waals surface area contributed by atoms with E-state index in [4.69, 9.17) is 0 Å². The van der Waals surface area contributed by atoms with Gasteiger partial charge in [-0.05, 0) is 39.0 Å². The van der Waals surface area contributed by atoms with Crippen LogP contribution < -0.4 is 0 Å².